The van der Waals surface area contributed by atoms with E-state index in [1.807, 2.05) is 0 Å². The van der Waals surface area contributed by atoms with Gasteiger partial charge in [0.05, 0.1) is 12.2 Å². The highest BCUT2D eigenvalue weighted by Crippen LogP contribution is 2.65. The minimum absolute atomic E-state index is 0.0417. The van der Waals surface area contributed by atoms with Crippen molar-refractivity contribution in [2.24, 2.45) is 34.5 Å². The second kappa shape index (κ2) is 5.21. The van der Waals surface area contributed by atoms with Gasteiger partial charge in [-0.2, -0.15) is 0 Å². The summed E-state index contributed by atoms with van der Waals surface area (Å²) in [5.74, 6) is 3.18. The molecule has 8 unspecified atom stereocenters. The van der Waals surface area contributed by atoms with Crippen LogP contribution in [0.1, 0.15) is 78.1 Å². The summed E-state index contributed by atoms with van der Waals surface area (Å²) in [6, 6.07) is 0. The summed E-state index contributed by atoms with van der Waals surface area (Å²) in [7, 11) is 0. The maximum absolute atomic E-state index is 10.7. The smallest absolute Gasteiger partial charge is 0.0596 e. The van der Waals surface area contributed by atoms with Gasteiger partial charge in [-0.05, 0) is 92.3 Å². The maximum atomic E-state index is 10.7. The highest BCUT2D eigenvalue weighted by Gasteiger charge is 2.58. The zero-order valence-corrected chi connectivity index (χ0v) is 14.4. The van der Waals surface area contributed by atoms with E-state index in [9.17, 15) is 10.2 Å². The lowest BCUT2D eigenvalue weighted by Gasteiger charge is -2.63. The van der Waals surface area contributed by atoms with E-state index in [2.05, 4.69) is 13.8 Å². The topological polar surface area (TPSA) is 40.5 Å². The monoisotopic (exact) mass is 306 g/mol. The minimum atomic E-state index is -0.0640. The van der Waals surface area contributed by atoms with E-state index in [0.29, 0.717) is 5.41 Å². The van der Waals surface area contributed by atoms with Crippen LogP contribution in [0.5, 0.6) is 0 Å². The van der Waals surface area contributed by atoms with Gasteiger partial charge in [-0.3, -0.25) is 0 Å². The molecule has 0 radical (unpaired) electrons. The highest BCUT2D eigenvalue weighted by atomic mass is 16.3. The lowest BCUT2D eigenvalue weighted by Crippen LogP contribution is -2.57. The molecule has 2 heteroatoms. The molecule has 0 aromatic carbocycles. The first-order valence-corrected chi connectivity index (χ1v) is 9.81. The lowest BCUT2D eigenvalue weighted by molar-refractivity contribution is -0.165. The zero-order chi connectivity index (χ0) is 15.5. The molecule has 0 aromatic heterocycles. The van der Waals surface area contributed by atoms with Crippen LogP contribution in [0, 0.1) is 34.5 Å². The molecule has 0 amide bonds. The van der Waals surface area contributed by atoms with Crippen LogP contribution in [0.4, 0.5) is 0 Å². The minimum Gasteiger partial charge on any atom is -0.393 e. The van der Waals surface area contributed by atoms with Crippen molar-refractivity contribution in [2.75, 3.05) is 0 Å². The Hall–Kier alpha value is -0.0800. The number of fused-ring (bicyclic) bond motifs is 5. The van der Waals surface area contributed by atoms with E-state index >= 15 is 0 Å². The largest absolute Gasteiger partial charge is 0.393 e. The predicted molar refractivity (Wildman–Crippen MR) is 88.4 cm³/mol. The van der Waals surface area contributed by atoms with Crippen molar-refractivity contribution in [2.45, 2.75) is 90.3 Å². The van der Waals surface area contributed by atoms with Crippen molar-refractivity contribution in [1.82, 2.24) is 0 Å². The molecule has 2 N–H and O–H groups in total. The van der Waals surface area contributed by atoms with Gasteiger partial charge in [0, 0.05) is 0 Å². The summed E-state index contributed by atoms with van der Waals surface area (Å²) < 4.78 is 0. The van der Waals surface area contributed by atoms with Crippen LogP contribution in [0.25, 0.3) is 0 Å². The summed E-state index contributed by atoms with van der Waals surface area (Å²) in [4.78, 5) is 0. The molecule has 4 aliphatic carbocycles. The molecule has 22 heavy (non-hydrogen) atoms. The SMILES string of the molecule is CC12CCC3C(CCC4CC(O)CCC43C)C1CCCC2O. The van der Waals surface area contributed by atoms with Crippen molar-refractivity contribution in [1.29, 1.82) is 0 Å². The Bertz CT molecular complexity index is 435. The van der Waals surface area contributed by atoms with Gasteiger partial charge in [0.2, 0.25) is 0 Å². The number of rotatable bonds is 0. The second-order valence-electron chi connectivity index (χ2n) is 9.58. The molecule has 0 saturated heterocycles. The fourth-order valence-corrected chi connectivity index (χ4v) is 7.40. The lowest BCUT2D eigenvalue weighted by atomic mass is 9.43. The fourth-order valence-electron chi connectivity index (χ4n) is 7.40. The second-order valence-corrected chi connectivity index (χ2v) is 9.58. The van der Waals surface area contributed by atoms with E-state index in [1.165, 1.54) is 44.9 Å². The third-order valence-corrected chi connectivity index (χ3v) is 8.83. The molecule has 0 aromatic rings. The number of hydrogen-bond donors (Lipinski definition) is 2. The summed E-state index contributed by atoms with van der Waals surface area (Å²) in [6.07, 6.45) is 12.0. The average Bonchev–Trinajstić information content (AvgIpc) is 2.49. The van der Waals surface area contributed by atoms with Crippen LogP contribution in [0.15, 0.2) is 0 Å². The molecule has 126 valence electrons. The van der Waals surface area contributed by atoms with E-state index in [4.69, 9.17) is 0 Å². The van der Waals surface area contributed by atoms with Crippen molar-refractivity contribution in [3.05, 3.63) is 0 Å². The van der Waals surface area contributed by atoms with E-state index in [1.54, 1.807) is 0 Å². The van der Waals surface area contributed by atoms with E-state index in [0.717, 1.165) is 42.9 Å². The first-order valence-electron chi connectivity index (χ1n) is 9.81. The molecule has 0 heterocycles. The first-order chi connectivity index (χ1) is 10.4. The fraction of sp³-hybridized carbons (Fsp3) is 1.00. The van der Waals surface area contributed by atoms with Gasteiger partial charge in [-0.25, -0.2) is 0 Å². The number of hydrogen-bond acceptors (Lipinski definition) is 2. The van der Waals surface area contributed by atoms with Gasteiger partial charge in [0.25, 0.3) is 0 Å². The highest BCUT2D eigenvalue weighted by molar-refractivity contribution is 5.08. The molecule has 4 rings (SSSR count). The Balaban J connectivity index is 1.62. The molecule has 0 aliphatic heterocycles. The summed E-state index contributed by atoms with van der Waals surface area (Å²) in [6.45, 7) is 4.93. The van der Waals surface area contributed by atoms with Gasteiger partial charge < -0.3 is 10.2 Å². The first kappa shape index (κ1) is 15.4. The third-order valence-electron chi connectivity index (χ3n) is 8.83. The Morgan fingerprint density at radius 1 is 0.773 bits per heavy atom. The van der Waals surface area contributed by atoms with Crippen LogP contribution in [-0.2, 0) is 0 Å². The van der Waals surface area contributed by atoms with Crippen LogP contribution >= 0.6 is 0 Å². The molecular weight excluding hydrogens is 272 g/mol. The molecule has 0 spiro atoms. The van der Waals surface area contributed by atoms with E-state index in [-0.39, 0.29) is 17.6 Å². The maximum Gasteiger partial charge on any atom is 0.0596 e. The van der Waals surface area contributed by atoms with Crippen molar-refractivity contribution in [3.63, 3.8) is 0 Å². The third kappa shape index (κ3) is 2.05. The van der Waals surface area contributed by atoms with Crippen molar-refractivity contribution < 1.29 is 10.2 Å². The van der Waals surface area contributed by atoms with Crippen molar-refractivity contribution in [3.8, 4) is 0 Å². The van der Waals surface area contributed by atoms with Gasteiger partial charge >= 0.3 is 0 Å². The van der Waals surface area contributed by atoms with Gasteiger partial charge in [-0.15, -0.1) is 0 Å². The average molecular weight is 306 g/mol. The standard InChI is InChI=1S/C20H34O2/c1-19-10-8-14(21)12-13(19)6-7-15-16-4-3-5-18(22)20(16,2)11-9-17(15)19/h13-18,21-22H,3-12H2,1-2H3. The van der Waals surface area contributed by atoms with Crippen LogP contribution in [0.2, 0.25) is 0 Å². The quantitative estimate of drug-likeness (QED) is 0.706. The summed E-state index contributed by atoms with van der Waals surface area (Å²) in [5, 5.41) is 20.7. The van der Waals surface area contributed by atoms with Gasteiger partial charge in [0.15, 0.2) is 0 Å². The van der Waals surface area contributed by atoms with Gasteiger partial charge in [-0.1, -0.05) is 20.3 Å². The molecule has 4 saturated carbocycles. The zero-order valence-electron chi connectivity index (χ0n) is 14.4. The van der Waals surface area contributed by atoms with Crippen LogP contribution in [-0.4, -0.2) is 22.4 Å². The van der Waals surface area contributed by atoms with Gasteiger partial charge in [0.1, 0.15) is 0 Å². The van der Waals surface area contributed by atoms with E-state index < -0.39 is 0 Å². The van der Waals surface area contributed by atoms with Crippen LogP contribution < -0.4 is 0 Å². The van der Waals surface area contributed by atoms with Crippen LogP contribution in [0.3, 0.4) is 0 Å². The van der Waals surface area contributed by atoms with Crippen molar-refractivity contribution >= 4 is 0 Å². The summed E-state index contributed by atoms with van der Waals surface area (Å²) >= 11 is 0. The molecule has 8 atom stereocenters. The molecule has 4 fully saturated rings. The Kier molecular flexibility index (Phi) is 3.66. The number of aliphatic hydroxyl groups is 2. The normalized spacial score (nSPS) is 58.4. The molecule has 2 nitrogen and oxygen atoms in total. The number of aliphatic hydroxyl groups excluding tert-OH is 2. The predicted octanol–water partition coefficient (Wildman–Crippen LogP) is 4.14. The summed E-state index contributed by atoms with van der Waals surface area (Å²) in [5.41, 5.74) is 0.655. The molecule has 0 bridgehead atoms. The Labute approximate surface area is 135 Å². The molecule has 4 aliphatic rings. The Morgan fingerprint density at radius 2 is 1.50 bits per heavy atom. The Morgan fingerprint density at radius 3 is 2.32 bits per heavy atom. The molecular formula is C20H34O2.